The Balaban J connectivity index is 1.73. The smallest absolute Gasteiger partial charge is 0.337 e. The first-order chi connectivity index (χ1) is 15.4. The molecule has 1 heterocycles. The number of carbonyl (C=O) groups excluding carboxylic acids is 3. The molecule has 1 aliphatic heterocycles. The van der Waals surface area contributed by atoms with E-state index in [0.717, 1.165) is 16.7 Å². The molecular formula is C26H24N2O4. The van der Waals surface area contributed by atoms with Crippen molar-refractivity contribution in [1.29, 1.82) is 0 Å². The number of hydrogen-bond acceptors (Lipinski definition) is 4. The molecule has 0 spiro atoms. The van der Waals surface area contributed by atoms with E-state index in [1.807, 2.05) is 62.4 Å². The molecule has 6 heteroatoms. The number of aryl methyl sites for hydroxylation is 2. The Morgan fingerprint density at radius 2 is 1.59 bits per heavy atom. The van der Waals surface area contributed by atoms with Gasteiger partial charge >= 0.3 is 12.0 Å². The van der Waals surface area contributed by atoms with E-state index in [4.69, 9.17) is 4.74 Å². The molecule has 1 atom stereocenters. The highest BCUT2D eigenvalue weighted by Crippen LogP contribution is 2.37. The van der Waals surface area contributed by atoms with Crippen molar-refractivity contribution < 1.29 is 19.1 Å². The number of urea groups is 1. The minimum atomic E-state index is -1.30. The average molecular weight is 428 g/mol. The second-order valence-electron chi connectivity index (χ2n) is 7.93. The number of nitrogens with zero attached hydrogens (tertiary/aromatic N) is 1. The van der Waals surface area contributed by atoms with E-state index in [2.05, 4.69) is 5.32 Å². The van der Waals surface area contributed by atoms with Gasteiger partial charge in [0, 0.05) is 0 Å². The van der Waals surface area contributed by atoms with Crippen molar-refractivity contribution in [3.8, 4) is 0 Å². The molecular weight excluding hydrogens is 404 g/mol. The molecule has 32 heavy (non-hydrogen) atoms. The van der Waals surface area contributed by atoms with Gasteiger partial charge in [0.15, 0.2) is 5.54 Å². The molecule has 1 saturated heterocycles. The van der Waals surface area contributed by atoms with Crippen LogP contribution in [0.1, 0.15) is 38.2 Å². The zero-order chi connectivity index (χ0) is 22.9. The van der Waals surface area contributed by atoms with Gasteiger partial charge in [0.05, 0.1) is 19.2 Å². The minimum Gasteiger partial charge on any atom is -0.465 e. The van der Waals surface area contributed by atoms with E-state index < -0.39 is 17.5 Å². The third-order valence-electron chi connectivity index (χ3n) is 5.97. The van der Waals surface area contributed by atoms with Crippen LogP contribution in [-0.4, -0.2) is 29.9 Å². The maximum Gasteiger partial charge on any atom is 0.337 e. The van der Waals surface area contributed by atoms with Gasteiger partial charge in [0.1, 0.15) is 0 Å². The van der Waals surface area contributed by atoms with Crippen LogP contribution in [0.15, 0.2) is 72.8 Å². The fourth-order valence-corrected chi connectivity index (χ4v) is 3.99. The largest absolute Gasteiger partial charge is 0.465 e. The first-order valence-corrected chi connectivity index (χ1v) is 10.3. The molecule has 4 rings (SSSR count). The number of methoxy groups -OCH3 is 1. The molecule has 1 fully saturated rings. The summed E-state index contributed by atoms with van der Waals surface area (Å²) in [5.74, 6) is -0.779. The predicted molar refractivity (Wildman–Crippen MR) is 120 cm³/mol. The minimum absolute atomic E-state index is 0.0888. The molecule has 3 aromatic rings. The van der Waals surface area contributed by atoms with Gasteiger partial charge in [-0.25, -0.2) is 9.59 Å². The summed E-state index contributed by atoms with van der Waals surface area (Å²) in [6.45, 7) is 4.08. The third-order valence-corrected chi connectivity index (χ3v) is 5.97. The molecule has 0 aliphatic carbocycles. The summed E-state index contributed by atoms with van der Waals surface area (Å²) < 4.78 is 4.72. The molecule has 162 valence electrons. The van der Waals surface area contributed by atoms with Gasteiger partial charge < -0.3 is 10.1 Å². The van der Waals surface area contributed by atoms with Gasteiger partial charge in [-0.15, -0.1) is 0 Å². The van der Waals surface area contributed by atoms with Crippen LogP contribution in [0.3, 0.4) is 0 Å². The number of carbonyl (C=O) groups is 3. The molecule has 0 aromatic heterocycles. The lowest BCUT2D eigenvalue weighted by atomic mass is 9.81. The molecule has 0 radical (unpaired) electrons. The van der Waals surface area contributed by atoms with Crippen LogP contribution in [0.4, 0.5) is 4.79 Å². The zero-order valence-electron chi connectivity index (χ0n) is 18.2. The van der Waals surface area contributed by atoms with E-state index in [0.29, 0.717) is 16.7 Å². The Kier molecular flexibility index (Phi) is 5.53. The number of rotatable bonds is 5. The van der Waals surface area contributed by atoms with Crippen LogP contribution in [0.2, 0.25) is 0 Å². The fraction of sp³-hybridized carbons (Fsp3) is 0.192. The van der Waals surface area contributed by atoms with Gasteiger partial charge in [-0.2, -0.15) is 0 Å². The number of nitrogens with one attached hydrogen (secondary N) is 1. The van der Waals surface area contributed by atoms with Gasteiger partial charge in [-0.05, 0) is 53.8 Å². The normalized spacial score (nSPS) is 17.9. The molecule has 0 saturated carbocycles. The summed E-state index contributed by atoms with van der Waals surface area (Å²) in [4.78, 5) is 39.8. The van der Waals surface area contributed by atoms with Crippen LogP contribution >= 0.6 is 0 Å². The number of esters is 1. The number of imide groups is 1. The maximum atomic E-state index is 13.8. The standard InChI is InChI=1S/C26H24N2O4/c1-17-9-14-22(15-18(17)2)26(21-7-5-4-6-8-21)24(30)28(25(31)27-26)16-19-10-12-20(13-11-19)23(29)32-3/h4-15H,16H2,1-3H3,(H,27,31). The molecule has 3 amide bonds. The second kappa shape index (κ2) is 8.30. The highest BCUT2D eigenvalue weighted by molar-refractivity contribution is 6.09. The van der Waals surface area contributed by atoms with Crippen molar-refractivity contribution in [2.24, 2.45) is 0 Å². The number of ether oxygens (including phenoxy) is 1. The maximum absolute atomic E-state index is 13.8. The van der Waals surface area contributed by atoms with Crippen molar-refractivity contribution in [2.75, 3.05) is 7.11 Å². The Morgan fingerprint density at radius 3 is 2.22 bits per heavy atom. The summed E-state index contributed by atoms with van der Waals surface area (Å²) in [7, 11) is 1.32. The Labute approximate surface area is 186 Å². The third kappa shape index (κ3) is 3.54. The van der Waals surface area contributed by atoms with Gasteiger partial charge in [0.25, 0.3) is 5.91 Å². The molecule has 1 N–H and O–H groups in total. The summed E-state index contributed by atoms with van der Waals surface area (Å²) in [5.41, 5.74) is 3.39. The molecule has 6 nitrogen and oxygen atoms in total. The highest BCUT2D eigenvalue weighted by atomic mass is 16.5. The Morgan fingerprint density at radius 1 is 0.906 bits per heavy atom. The molecule has 1 aliphatic rings. The lowest BCUT2D eigenvalue weighted by Crippen LogP contribution is -2.45. The first-order valence-electron chi connectivity index (χ1n) is 10.3. The second-order valence-corrected chi connectivity index (χ2v) is 7.93. The van der Waals surface area contributed by atoms with E-state index in [1.165, 1.54) is 12.0 Å². The van der Waals surface area contributed by atoms with Crippen molar-refractivity contribution >= 4 is 17.9 Å². The lowest BCUT2D eigenvalue weighted by molar-refractivity contribution is -0.130. The monoisotopic (exact) mass is 428 g/mol. The van der Waals surface area contributed by atoms with Crippen LogP contribution < -0.4 is 5.32 Å². The summed E-state index contributed by atoms with van der Waals surface area (Å²) in [6.07, 6.45) is 0. The van der Waals surface area contributed by atoms with Gasteiger partial charge in [-0.1, -0.05) is 60.7 Å². The number of benzene rings is 3. The quantitative estimate of drug-likeness (QED) is 0.491. The molecule has 0 bridgehead atoms. The predicted octanol–water partition coefficient (Wildman–Crippen LogP) is 4.09. The van der Waals surface area contributed by atoms with Crippen molar-refractivity contribution in [3.63, 3.8) is 0 Å². The van der Waals surface area contributed by atoms with Crippen molar-refractivity contribution in [1.82, 2.24) is 10.2 Å². The summed E-state index contributed by atoms with van der Waals surface area (Å²) in [6, 6.07) is 21.3. The van der Waals surface area contributed by atoms with Crippen molar-refractivity contribution in [3.05, 3.63) is 106 Å². The molecule has 1 unspecified atom stereocenters. The first kappa shape index (κ1) is 21.3. The van der Waals surface area contributed by atoms with Crippen molar-refractivity contribution in [2.45, 2.75) is 25.9 Å². The lowest BCUT2D eigenvalue weighted by Gasteiger charge is -2.28. The van der Waals surface area contributed by atoms with E-state index in [9.17, 15) is 14.4 Å². The highest BCUT2D eigenvalue weighted by Gasteiger charge is 2.53. The Bertz CT molecular complexity index is 1190. The molecule has 3 aromatic carbocycles. The topological polar surface area (TPSA) is 75.7 Å². The summed E-state index contributed by atoms with van der Waals surface area (Å²) in [5, 5.41) is 2.97. The average Bonchev–Trinajstić information content (AvgIpc) is 3.07. The number of amides is 3. The summed E-state index contributed by atoms with van der Waals surface area (Å²) >= 11 is 0. The van der Waals surface area contributed by atoms with E-state index in [1.54, 1.807) is 24.3 Å². The van der Waals surface area contributed by atoms with E-state index >= 15 is 0 Å². The zero-order valence-corrected chi connectivity index (χ0v) is 18.2. The van der Waals surface area contributed by atoms with Crippen LogP contribution in [0, 0.1) is 13.8 Å². The van der Waals surface area contributed by atoms with Crippen LogP contribution in [-0.2, 0) is 21.6 Å². The number of hydrogen-bond donors (Lipinski definition) is 1. The van der Waals surface area contributed by atoms with Gasteiger partial charge in [0.2, 0.25) is 0 Å². The fourth-order valence-electron chi connectivity index (χ4n) is 3.99. The SMILES string of the molecule is COC(=O)c1ccc(CN2C(=O)NC(c3ccccc3)(c3ccc(C)c(C)c3)C2=O)cc1. The van der Waals surface area contributed by atoms with E-state index in [-0.39, 0.29) is 12.5 Å². The van der Waals surface area contributed by atoms with Gasteiger partial charge in [-0.3, -0.25) is 9.69 Å². The van der Waals surface area contributed by atoms with Crippen LogP contribution in [0.25, 0.3) is 0 Å². The van der Waals surface area contributed by atoms with Crippen LogP contribution in [0.5, 0.6) is 0 Å². The Hall–Kier alpha value is -3.93.